The highest BCUT2D eigenvalue weighted by Gasteiger charge is 2.25. The number of hydrogen-bond acceptors (Lipinski definition) is 3. The van der Waals surface area contributed by atoms with Gasteiger partial charge in [0.2, 0.25) is 0 Å². The fourth-order valence-corrected chi connectivity index (χ4v) is 1.73. The van der Waals surface area contributed by atoms with Crippen LogP contribution in [-0.4, -0.2) is 23.5 Å². The molecule has 0 aliphatic carbocycles. The molecule has 0 bridgehead atoms. The van der Waals surface area contributed by atoms with Gasteiger partial charge in [0.15, 0.2) is 0 Å². The molecule has 2 amide bonds. The predicted octanol–water partition coefficient (Wildman–Crippen LogP) is 1.29. The Labute approximate surface area is 98.1 Å². The number of benzene rings is 1. The molecule has 0 fully saturated rings. The molecule has 1 aliphatic rings. The van der Waals surface area contributed by atoms with E-state index in [4.69, 9.17) is 5.11 Å². The molecule has 1 aromatic rings. The summed E-state index contributed by atoms with van der Waals surface area (Å²) < 4.78 is 0. The zero-order valence-electron chi connectivity index (χ0n) is 9.28. The normalized spacial score (nSPS) is 15.6. The van der Waals surface area contributed by atoms with Crippen molar-refractivity contribution in [2.75, 3.05) is 11.9 Å². The number of nitrogens with one attached hydrogen (secondary N) is 2. The van der Waals surface area contributed by atoms with Crippen LogP contribution in [0.3, 0.4) is 0 Å². The van der Waals surface area contributed by atoms with Gasteiger partial charge in [-0.2, -0.15) is 0 Å². The third-order valence-electron chi connectivity index (χ3n) is 2.53. The van der Waals surface area contributed by atoms with Crippen molar-refractivity contribution in [1.82, 2.24) is 5.32 Å². The Morgan fingerprint density at radius 3 is 2.94 bits per heavy atom. The molecule has 0 aromatic heterocycles. The Balaban J connectivity index is 2.38. The van der Waals surface area contributed by atoms with Crippen LogP contribution in [0.25, 0.3) is 5.57 Å². The standard InChI is InChI=1S/C12H12N2O3/c1-2-13-11(16)7-3-4-8-9(6-15)12(17)14-10(8)5-7/h3-6,15H,2H2,1H3,(H,13,16)(H,14,17). The number of aliphatic hydroxyl groups is 1. The molecule has 0 saturated carbocycles. The van der Waals surface area contributed by atoms with E-state index in [0.29, 0.717) is 23.4 Å². The minimum atomic E-state index is -0.365. The summed E-state index contributed by atoms with van der Waals surface area (Å²) in [5.41, 5.74) is 1.83. The molecule has 0 atom stereocenters. The number of hydrogen-bond donors (Lipinski definition) is 3. The minimum Gasteiger partial charge on any atom is -0.515 e. The first-order valence-electron chi connectivity index (χ1n) is 5.25. The molecule has 0 radical (unpaired) electrons. The number of rotatable bonds is 2. The number of anilines is 1. The van der Waals surface area contributed by atoms with E-state index in [1.165, 1.54) is 0 Å². The monoisotopic (exact) mass is 232 g/mol. The molecule has 1 heterocycles. The Morgan fingerprint density at radius 2 is 2.29 bits per heavy atom. The molecule has 1 aliphatic heterocycles. The maximum Gasteiger partial charge on any atom is 0.259 e. The van der Waals surface area contributed by atoms with Gasteiger partial charge >= 0.3 is 0 Å². The van der Waals surface area contributed by atoms with Crippen LogP contribution in [0.4, 0.5) is 5.69 Å². The topological polar surface area (TPSA) is 78.4 Å². The highest BCUT2D eigenvalue weighted by atomic mass is 16.2. The first-order valence-corrected chi connectivity index (χ1v) is 5.25. The second-order valence-corrected chi connectivity index (χ2v) is 3.62. The van der Waals surface area contributed by atoms with Crippen LogP contribution in [0.1, 0.15) is 22.8 Å². The predicted molar refractivity (Wildman–Crippen MR) is 63.7 cm³/mol. The molecule has 17 heavy (non-hydrogen) atoms. The molecular weight excluding hydrogens is 220 g/mol. The largest absolute Gasteiger partial charge is 0.515 e. The van der Waals surface area contributed by atoms with Crippen molar-refractivity contribution in [2.45, 2.75) is 6.92 Å². The summed E-state index contributed by atoms with van der Waals surface area (Å²) in [4.78, 5) is 23.0. The lowest BCUT2D eigenvalue weighted by Crippen LogP contribution is -2.22. The number of fused-ring (bicyclic) bond motifs is 1. The number of amides is 2. The maximum atomic E-state index is 11.6. The summed E-state index contributed by atoms with van der Waals surface area (Å²) in [7, 11) is 0. The molecule has 0 saturated heterocycles. The van der Waals surface area contributed by atoms with Gasteiger partial charge in [0.05, 0.1) is 11.8 Å². The van der Waals surface area contributed by atoms with Gasteiger partial charge < -0.3 is 15.7 Å². The van der Waals surface area contributed by atoms with Crippen LogP contribution >= 0.6 is 0 Å². The van der Waals surface area contributed by atoms with Crippen LogP contribution < -0.4 is 10.6 Å². The van der Waals surface area contributed by atoms with Gasteiger partial charge in [0.25, 0.3) is 11.8 Å². The van der Waals surface area contributed by atoms with Gasteiger partial charge in [-0.1, -0.05) is 6.07 Å². The van der Waals surface area contributed by atoms with Gasteiger partial charge in [-0.15, -0.1) is 0 Å². The lowest BCUT2D eigenvalue weighted by molar-refractivity contribution is -0.110. The number of carbonyl (C=O) groups excluding carboxylic acids is 2. The summed E-state index contributed by atoms with van der Waals surface area (Å²) >= 11 is 0. The zero-order chi connectivity index (χ0) is 12.4. The Kier molecular flexibility index (Phi) is 2.82. The van der Waals surface area contributed by atoms with E-state index >= 15 is 0 Å². The third-order valence-corrected chi connectivity index (χ3v) is 2.53. The van der Waals surface area contributed by atoms with Crippen LogP contribution in [0, 0.1) is 0 Å². The van der Waals surface area contributed by atoms with E-state index in [1.807, 2.05) is 6.92 Å². The SMILES string of the molecule is CCNC(=O)c1ccc2c(c1)NC(=O)C2=CO. The number of carbonyl (C=O) groups is 2. The summed E-state index contributed by atoms with van der Waals surface area (Å²) in [6.07, 6.45) is 0.771. The lowest BCUT2D eigenvalue weighted by Gasteiger charge is -2.04. The molecule has 5 nitrogen and oxygen atoms in total. The van der Waals surface area contributed by atoms with E-state index in [-0.39, 0.29) is 17.4 Å². The van der Waals surface area contributed by atoms with Crippen LogP contribution in [-0.2, 0) is 4.79 Å². The van der Waals surface area contributed by atoms with E-state index in [2.05, 4.69) is 10.6 Å². The molecule has 5 heteroatoms. The van der Waals surface area contributed by atoms with E-state index < -0.39 is 0 Å². The van der Waals surface area contributed by atoms with E-state index in [0.717, 1.165) is 6.26 Å². The fourth-order valence-electron chi connectivity index (χ4n) is 1.73. The highest BCUT2D eigenvalue weighted by Crippen LogP contribution is 2.31. The molecule has 3 N–H and O–H groups in total. The fraction of sp³-hybridized carbons (Fsp3) is 0.167. The summed E-state index contributed by atoms with van der Waals surface area (Å²) in [5, 5.41) is 14.2. The van der Waals surface area contributed by atoms with Crippen molar-refractivity contribution < 1.29 is 14.7 Å². The quantitative estimate of drug-likeness (QED) is 0.531. The molecular formula is C12H12N2O3. The second kappa shape index (κ2) is 4.29. The summed E-state index contributed by atoms with van der Waals surface area (Å²) in [6.45, 7) is 2.38. The smallest absolute Gasteiger partial charge is 0.259 e. The summed E-state index contributed by atoms with van der Waals surface area (Å²) in [6, 6.07) is 4.85. The van der Waals surface area contributed by atoms with E-state index in [1.54, 1.807) is 18.2 Å². The minimum absolute atomic E-state index is 0.189. The Hall–Kier alpha value is -2.30. The van der Waals surface area contributed by atoms with Crippen LogP contribution in [0.2, 0.25) is 0 Å². The molecule has 2 rings (SSSR count). The van der Waals surface area contributed by atoms with Crippen LogP contribution in [0.15, 0.2) is 24.5 Å². The van der Waals surface area contributed by atoms with Gasteiger partial charge in [-0.3, -0.25) is 9.59 Å². The first kappa shape index (κ1) is 11.2. The van der Waals surface area contributed by atoms with Gasteiger partial charge in [-0.25, -0.2) is 0 Å². The van der Waals surface area contributed by atoms with Crippen molar-refractivity contribution >= 4 is 23.1 Å². The second-order valence-electron chi connectivity index (χ2n) is 3.62. The van der Waals surface area contributed by atoms with Crippen molar-refractivity contribution in [3.63, 3.8) is 0 Å². The zero-order valence-corrected chi connectivity index (χ0v) is 9.28. The average molecular weight is 232 g/mol. The molecule has 1 aromatic carbocycles. The van der Waals surface area contributed by atoms with Gasteiger partial charge in [0.1, 0.15) is 0 Å². The molecule has 88 valence electrons. The van der Waals surface area contributed by atoms with E-state index in [9.17, 15) is 9.59 Å². The van der Waals surface area contributed by atoms with Gasteiger partial charge in [0, 0.05) is 23.4 Å². The van der Waals surface area contributed by atoms with Crippen molar-refractivity contribution in [3.05, 3.63) is 35.6 Å². The van der Waals surface area contributed by atoms with Gasteiger partial charge in [-0.05, 0) is 19.1 Å². The number of aliphatic hydroxyl groups excluding tert-OH is 1. The highest BCUT2D eigenvalue weighted by molar-refractivity contribution is 6.31. The first-order chi connectivity index (χ1) is 8.17. The maximum absolute atomic E-state index is 11.6. The van der Waals surface area contributed by atoms with Crippen molar-refractivity contribution in [3.8, 4) is 0 Å². The summed E-state index contributed by atoms with van der Waals surface area (Å²) in [5.74, 6) is -0.554. The molecule has 0 spiro atoms. The average Bonchev–Trinajstić information content (AvgIpc) is 2.63. The lowest BCUT2D eigenvalue weighted by atomic mass is 10.1. The van der Waals surface area contributed by atoms with Crippen LogP contribution in [0.5, 0.6) is 0 Å². The molecule has 0 unspecified atom stereocenters. The van der Waals surface area contributed by atoms with Crippen molar-refractivity contribution in [1.29, 1.82) is 0 Å². The van der Waals surface area contributed by atoms with Crippen molar-refractivity contribution in [2.24, 2.45) is 0 Å². The third kappa shape index (κ3) is 1.87. The Morgan fingerprint density at radius 1 is 1.53 bits per heavy atom. The Bertz CT molecular complexity index is 520.